The van der Waals surface area contributed by atoms with Gasteiger partial charge in [-0.25, -0.2) is 0 Å². The molecule has 0 aromatic heterocycles. The van der Waals surface area contributed by atoms with E-state index in [4.69, 9.17) is 4.74 Å². The van der Waals surface area contributed by atoms with Gasteiger partial charge in [-0.1, -0.05) is 37.3 Å². The fourth-order valence-corrected chi connectivity index (χ4v) is 2.32. The van der Waals surface area contributed by atoms with Crippen molar-refractivity contribution in [1.82, 2.24) is 5.32 Å². The molecule has 0 amide bonds. The second-order valence-corrected chi connectivity index (χ2v) is 5.49. The van der Waals surface area contributed by atoms with Crippen molar-refractivity contribution < 1.29 is 4.74 Å². The monoisotopic (exact) mass is 283 g/mol. The number of likely N-dealkylation sites (N-methyl/N-ethyl adjacent to an activating group) is 1. The summed E-state index contributed by atoms with van der Waals surface area (Å²) >= 11 is 0. The predicted octanol–water partition coefficient (Wildman–Crippen LogP) is 4.21. The van der Waals surface area contributed by atoms with Crippen molar-refractivity contribution in [2.75, 3.05) is 13.7 Å². The van der Waals surface area contributed by atoms with Gasteiger partial charge in [0.1, 0.15) is 12.4 Å². The second kappa shape index (κ2) is 7.28. The van der Waals surface area contributed by atoms with E-state index in [0.717, 1.165) is 12.2 Å². The average Bonchev–Trinajstić information content (AvgIpc) is 2.52. The Kier molecular flexibility index (Phi) is 5.40. The molecule has 112 valence electrons. The van der Waals surface area contributed by atoms with Gasteiger partial charge < -0.3 is 10.1 Å². The van der Waals surface area contributed by atoms with Crippen LogP contribution in [-0.4, -0.2) is 13.7 Å². The molecule has 0 spiro atoms. The Labute approximate surface area is 128 Å². The number of hydrogen-bond donors (Lipinski definition) is 1. The summed E-state index contributed by atoms with van der Waals surface area (Å²) in [5.41, 5.74) is 5.19. The van der Waals surface area contributed by atoms with E-state index < -0.39 is 0 Å². The van der Waals surface area contributed by atoms with Gasteiger partial charge in [0.15, 0.2) is 0 Å². The van der Waals surface area contributed by atoms with Crippen molar-refractivity contribution in [2.24, 2.45) is 0 Å². The van der Waals surface area contributed by atoms with E-state index in [1.807, 2.05) is 13.1 Å². The highest BCUT2D eigenvalue weighted by molar-refractivity contribution is 5.34. The highest BCUT2D eigenvalue weighted by Gasteiger charge is 2.10. The first-order chi connectivity index (χ1) is 10.1. The standard InChI is InChI=1S/C19H25NO/c1-5-16-7-9-17(10-8-16)19(20-4)13-21-18-11-6-14(2)15(3)12-18/h6-12,19-20H,5,13H2,1-4H3. The molecule has 2 heteroatoms. The Balaban J connectivity index is 2.02. The minimum atomic E-state index is 0.206. The van der Waals surface area contributed by atoms with Crippen LogP contribution in [0.3, 0.4) is 0 Å². The van der Waals surface area contributed by atoms with Gasteiger partial charge in [-0.05, 0) is 61.7 Å². The van der Waals surface area contributed by atoms with Crippen molar-refractivity contribution in [3.8, 4) is 5.75 Å². The van der Waals surface area contributed by atoms with E-state index >= 15 is 0 Å². The molecule has 2 aromatic rings. The molecule has 2 aromatic carbocycles. The molecule has 0 bridgehead atoms. The Hall–Kier alpha value is -1.80. The van der Waals surface area contributed by atoms with Crippen LogP contribution in [0.15, 0.2) is 42.5 Å². The third-order valence-corrected chi connectivity index (χ3v) is 4.03. The number of rotatable bonds is 6. The summed E-state index contributed by atoms with van der Waals surface area (Å²) < 4.78 is 5.94. The van der Waals surface area contributed by atoms with E-state index in [1.54, 1.807) is 0 Å². The van der Waals surface area contributed by atoms with Gasteiger partial charge in [0.25, 0.3) is 0 Å². The lowest BCUT2D eigenvalue weighted by Gasteiger charge is -2.18. The van der Waals surface area contributed by atoms with Gasteiger partial charge in [-0.2, -0.15) is 0 Å². The van der Waals surface area contributed by atoms with Crippen molar-refractivity contribution in [1.29, 1.82) is 0 Å². The first-order valence-electron chi connectivity index (χ1n) is 7.60. The molecule has 0 saturated heterocycles. The average molecular weight is 283 g/mol. The van der Waals surface area contributed by atoms with Crippen LogP contribution < -0.4 is 10.1 Å². The van der Waals surface area contributed by atoms with E-state index in [9.17, 15) is 0 Å². The molecule has 0 fully saturated rings. The largest absolute Gasteiger partial charge is 0.492 e. The Bertz CT molecular complexity index is 575. The maximum atomic E-state index is 5.94. The fourth-order valence-electron chi connectivity index (χ4n) is 2.32. The zero-order valence-corrected chi connectivity index (χ0v) is 13.4. The quantitative estimate of drug-likeness (QED) is 0.857. The van der Waals surface area contributed by atoms with Crippen LogP contribution in [0.2, 0.25) is 0 Å². The van der Waals surface area contributed by atoms with Crippen LogP contribution in [0.1, 0.15) is 35.2 Å². The summed E-state index contributed by atoms with van der Waals surface area (Å²) in [4.78, 5) is 0. The molecule has 1 atom stereocenters. The predicted molar refractivity (Wildman–Crippen MR) is 89.0 cm³/mol. The molecular formula is C19H25NO. The smallest absolute Gasteiger partial charge is 0.119 e. The van der Waals surface area contributed by atoms with Gasteiger partial charge in [0, 0.05) is 0 Å². The van der Waals surface area contributed by atoms with Crippen LogP contribution in [-0.2, 0) is 6.42 Å². The summed E-state index contributed by atoms with van der Waals surface area (Å²) in [5, 5.41) is 3.33. The van der Waals surface area contributed by atoms with E-state index in [1.165, 1.54) is 22.3 Å². The Morgan fingerprint density at radius 1 is 1.00 bits per heavy atom. The van der Waals surface area contributed by atoms with Crippen LogP contribution in [0.5, 0.6) is 5.75 Å². The molecule has 0 aliphatic rings. The molecule has 1 unspecified atom stereocenters. The Morgan fingerprint density at radius 3 is 2.29 bits per heavy atom. The van der Waals surface area contributed by atoms with Crippen molar-refractivity contribution in [2.45, 2.75) is 33.2 Å². The van der Waals surface area contributed by atoms with Gasteiger partial charge in [-0.15, -0.1) is 0 Å². The first kappa shape index (κ1) is 15.6. The van der Waals surface area contributed by atoms with Crippen LogP contribution in [0, 0.1) is 13.8 Å². The number of benzene rings is 2. The molecule has 0 aliphatic carbocycles. The molecular weight excluding hydrogens is 258 g/mol. The molecule has 0 saturated carbocycles. The zero-order valence-electron chi connectivity index (χ0n) is 13.4. The van der Waals surface area contributed by atoms with Gasteiger partial charge in [0.05, 0.1) is 6.04 Å². The molecule has 2 rings (SSSR count). The number of aryl methyl sites for hydroxylation is 3. The van der Waals surface area contributed by atoms with Gasteiger partial charge in [0.2, 0.25) is 0 Å². The normalized spacial score (nSPS) is 12.2. The van der Waals surface area contributed by atoms with Crippen LogP contribution >= 0.6 is 0 Å². The fraction of sp³-hybridized carbons (Fsp3) is 0.368. The lowest BCUT2D eigenvalue weighted by atomic mass is 10.0. The summed E-state index contributed by atoms with van der Waals surface area (Å²) in [7, 11) is 1.97. The highest BCUT2D eigenvalue weighted by Crippen LogP contribution is 2.19. The third kappa shape index (κ3) is 4.08. The summed E-state index contributed by atoms with van der Waals surface area (Å²) in [5.74, 6) is 0.934. The lowest BCUT2D eigenvalue weighted by molar-refractivity contribution is 0.273. The van der Waals surface area contributed by atoms with Crippen molar-refractivity contribution in [3.63, 3.8) is 0 Å². The topological polar surface area (TPSA) is 21.3 Å². The SMILES string of the molecule is CCc1ccc(C(COc2ccc(C)c(C)c2)NC)cc1. The number of hydrogen-bond acceptors (Lipinski definition) is 2. The van der Waals surface area contributed by atoms with E-state index in [0.29, 0.717) is 6.61 Å². The highest BCUT2D eigenvalue weighted by atomic mass is 16.5. The van der Waals surface area contributed by atoms with Crippen molar-refractivity contribution >= 4 is 0 Å². The molecule has 1 N–H and O–H groups in total. The number of nitrogens with one attached hydrogen (secondary N) is 1. The second-order valence-electron chi connectivity index (χ2n) is 5.49. The van der Waals surface area contributed by atoms with E-state index in [2.05, 4.69) is 62.5 Å². The van der Waals surface area contributed by atoms with Crippen molar-refractivity contribution in [3.05, 3.63) is 64.7 Å². The molecule has 2 nitrogen and oxygen atoms in total. The maximum absolute atomic E-state index is 5.94. The lowest BCUT2D eigenvalue weighted by Crippen LogP contribution is -2.23. The molecule has 0 heterocycles. The van der Waals surface area contributed by atoms with Gasteiger partial charge in [-0.3, -0.25) is 0 Å². The number of ether oxygens (including phenoxy) is 1. The maximum Gasteiger partial charge on any atom is 0.119 e. The molecule has 0 radical (unpaired) electrons. The van der Waals surface area contributed by atoms with Gasteiger partial charge >= 0.3 is 0 Å². The first-order valence-corrected chi connectivity index (χ1v) is 7.60. The molecule has 0 aliphatic heterocycles. The summed E-state index contributed by atoms with van der Waals surface area (Å²) in [6.07, 6.45) is 1.07. The Morgan fingerprint density at radius 2 is 1.71 bits per heavy atom. The minimum Gasteiger partial charge on any atom is -0.492 e. The third-order valence-electron chi connectivity index (χ3n) is 4.03. The van der Waals surface area contributed by atoms with Crippen LogP contribution in [0.4, 0.5) is 0 Å². The minimum absolute atomic E-state index is 0.206. The zero-order chi connectivity index (χ0) is 15.2. The molecule has 21 heavy (non-hydrogen) atoms. The summed E-state index contributed by atoms with van der Waals surface area (Å²) in [6, 6.07) is 15.2. The van der Waals surface area contributed by atoms with Crippen LogP contribution in [0.25, 0.3) is 0 Å². The summed E-state index contributed by atoms with van der Waals surface area (Å²) in [6.45, 7) is 7.03. The van der Waals surface area contributed by atoms with E-state index in [-0.39, 0.29) is 6.04 Å².